The Morgan fingerprint density at radius 2 is 2.05 bits per heavy atom. The predicted octanol–water partition coefficient (Wildman–Crippen LogP) is 1.85. The number of nitrogens with one attached hydrogen (secondary N) is 1. The third-order valence-corrected chi connectivity index (χ3v) is 7.39. The molecule has 0 aliphatic carbocycles. The average molecular weight is 506 g/mol. The second-order valence-corrected chi connectivity index (χ2v) is 9.75. The summed E-state index contributed by atoms with van der Waals surface area (Å²) in [5, 5.41) is 33.0. The lowest BCUT2D eigenvalue weighted by Gasteiger charge is -2.36. The van der Waals surface area contributed by atoms with Gasteiger partial charge in [0.05, 0.1) is 25.5 Å². The van der Waals surface area contributed by atoms with E-state index in [4.69, 9.17) is 14.5 Å². The molecule has 6 rings (SSSR count). The number of anilines is 1. The number of ether oxygens (including phenoxy) is 2. The van der Waals surface area contributed by atoms with E-state index in [1.54, 1.807) is 35.5 Å². The number of hydrogen-bond acceptors (Lipinski definition) is 9. The molecule has 4 bridgehead atoms. The van der Waals surface area contributed by atoms with Gasteiger partial charge < -0.3 is 25.0 Å². The smallest absolute Gasteiger partial charge is 0.216 e. The molecule has 3 atom stereocenters. The topological polar surface area (TPSA) is 122 Å². The highest BCUT2D eigenvalue weighted by atomic mass is 16.5. The summed E-state index contributed by atoms with van der Waals surface area (Å²) >= 11 is 0. The van der Waals surface area contributed by atoms with Crippen LogP contribution in [0.1, 0.15) is 13.3 Å². The first-order valence-corrected chi connectivity index (χ1v) is 12.5. The normalized spacial score (nSPS) is 24.0. The number of rotatable bonds is 4. The number of fused-ring (bicyclic) bond motifs is 5. The molecule has 3 aromatic heterocycles. The van der Waals surface area contributed by atoms with E-state index in [-0.39, 0.29) is 18.8 Å². The fraction of sp³-hybridized carbons (Fsp3) is 0.423. The molecule has 0 amide bonds. The molecule has 1 aromatic carbocycles. The highest BCUT2D eigenvalue weighted by Gasteiger charge is 2.49. The molecule has 194 valence electrons. The maximum absolute atomic E-state index is 11.3. The molecule has 0 saturated carbocycles. The summed E-state index contributed by atoms with van der Waals surface area (Å²) in [4.78, 5) is 6.83. The van der Waals surface area contributed by atoms with Gasteiger partial charge in [0.25, 0.3) is 0 Å². The second-order valence-electron chi connectivity index (χ2n) is 9.75. The fourth-order valence-electron chi connectivity index (χ4n) is 5.47. The van der Waals surface area contributed by atoms with Gasteiger partial charge in [0.1, 0.15) is 18.4 Å². The Morgan fingerprint density at radius 3 is 2.89 bits per heavy atom. The highest BCUT2D eigenvalue weighted by Crippen LogP contribution is 2.36. The van der Waals surface area contributed by atoms with E-state index in [2.05, 4.69) is 33.7 Å². The Balaban J connectivity index is 1.44. The summed E-state index contributed by atoms with van der Waals surface area (Å²) in [6.45, 7) is 3.86. The number of nitrogens with zero attached hydrogens (tertiary/aromatic N) is 6. The Hall–Kier alpha value is -3.51. The number of aliphatic hydroxyl groups is 2. The van der Waals surface area contributed by atoms with Crippen LogP contribution in [0.2, 0.25) is 0 Å². The average Bonchev–Trinajstić information content (AvgIpc) is 3.59. The van der Waals surface area contributed by atoms with E-state index in [0.717, 1.165) is 27.9 Å². The molecule has 1 fully saturated rings. The molecular weight excluding hydrogens is 474 g/mol. The zero-order valence-electron chi connectivity index (χ0n) is 20.9. The Bertz CT molecular complexity index is 1420. The van der Waals surface area contributed by atoms with Gasteiger partial charge in [-0.3, -0.25) is 9.58 Å². The first kappa shape index (κ1) is 23.9. The van der Waals surface area contributed by atoms with Crippen LogP contribution >= 0.6 is 0 Å². The Morgan fingerprint density at radius 1 is 1.19 bits per heavy atom. The quantitative estimate of drug-likeness (QED) is 0.381. The number of aromatic nitrogens is 5. The van der Waals surface area contributed by atoms with Gasteiger partial charge >= 0.3 is 0 Å². The van der Waals surface area contributed by atoms with Crippen LogP contribution in [0.3, 0.4) is 0 Å². The molecule has 11 nitrogen and oxygen atoms in total. The minimum Gasteiger partial charge on any atom is -0.476 e. The Labute approximate surface area is 214 Å². The Kier molecular flexibility index (Phi) is 6.07. The molecule has 2 aliphatic rings. The fourth-order valence-corrected chi connectivity index (χ4v) is 5.47. The van der Waals surface area contributed by atoms with Gasteiger partial charge in [-0.25, -0.2) is 4.52 Å². The lowest BCUT2D eigenvalue weighted by atomic mass is 10.0. The zero-order valence-corrected chi connectivity index (χ0v) is 20.9. The lowest BCUT2D eigenvalue weighted by Crippen LogP contribution is -2.52. The monoisotopic (exact) mass is 505 g/mol. The van der Waals surface area contributed by atoms with Crippen molar-refractivity contribution in [1.29, 1.82) is 0 Å². The van der Waals surface area contributed by atoms with Crippen LogP contribution in [-0.4, -0.2) is 90.8 Å². The second kappa shape index (κ2) is 9.42. The third-order valence-electron chi connectivity index (χ3n) is 7.39. The van der Waals surface area contributed by atoms with E-state index in [1.807, 2.05) is 23.5 Å². The molecular formula is C26H31N7O4. The van der Waals surface area contributed by atoms with Crippen molar-refractivity contribution in [3.8, 4) is 28.1 Å². The van der Waals surface area contributed by atoms with Gasteiger partial charge in [0, 0.05) is 61.5 Å². The summed E-state index contributed by atoms with van der Waals surface area (Å²) in [6, 6.07) is 8.03. The van der Waals surface area contributed by atoms with Crippen LogP contribution in [0.4, 0.5) is 5.69 Å². The predicted molar refractivity (Wildman–Crippen MR) is 137 cm³/mol. The maximum Gasteiger partial charge on any atom is 0.216 e. The summed E-state index contributed by atoms with van der Waals surface area (Å²) in [6.07, 6.45) is 7.72. The van der Waals surface area contributed by atoms with Crippen molar-refractivity contribution in [3.05, 3.63) is 49.1 Å². The SMILES string of the molecule is CO[C@@H]1C[C@H]2COc3ccn4ncc(c4n3)-c3cc(cc(-c4cnn(CCO)c4)c3)NCCN2C1(C)O. The third kappa shape index (κ3) is 4.33. The van der Waals surface area contributed by atoms with Crippen molar-refractivity contribution in [1.82, 2.24) is 29.3 Å². The standard InChI is InChI=1S/C26H31N7O4/c1-26(35)23(36-2)12-21-16-37-24-3-5-33-25(30-24)22(14-29-33)18-9-17(19-13-28-31(15-19)7-8-34)10-20(11-18)27-4-6-32(21)26/h3,5,9-11,13-15,21,23,27,34-35H,4,6-8,12,16H2,1-2H3/t21-,23+,26?/m0/s1. The van der Waals surface area contributed by atoms with Crippen LogP contribution in [0.15, 0.2) is 49.1 Å². The van der Waals surface area contributed by atoms with Gasteiger partial charge in [0.2, 0.25) is 5.88 Å². The molecule has 11 heteroatoms. The minimum atomic E-state index is -1.12. The van der Waals surface area contributed by atoms with Crippen molar-refractivity contribution in [2.24, 2.45) is 0 Å². The molecule has 0 radical (unpaired) electrons. The maximum atomic E-state index is 11.3. The molecule has 37 heavy (non-hydrogen) atoms. The van der Waals surface area contributed by atoms with E-state index in [9.17, 15) is 10.2 Å². The van der Waals surface area contributed by atoms with Gasteiger partial charge in [-0.05, 0) is 42.7 Å². The minimum absolute atomic E-state index is 0.0254. The number of aliphatic hydroxyl groups excluding tert-OH is 1. The molecule has 4 aromatic rings. The van der Waals surface area contributed by atoms with Crippen LogP contribution in [0.5, 0.6) is 5.88 Å². The first-order chi connectivity index (χ1) is 18.0. The summed E-state index contributed by atoms with van der Waals surface area (Å²) in [5.74, 6) is 0.506. The largest absolute Gasteiger partial charge is 0.476 e. The molecule has 1 saturated heterocycles. The van der Waals surface area contributed by atoms with Gasteiger partial charge in [0.15, 0.2) is 5.65 Å². The van der Waals surface area contributed by atoms with Gasteiger partial charge in [-0.15, -0.1) is 0 Å². The first-order valence-electron chi connectivity index (χ1n) is 12.5. The van der Waals surface area contributed by atoms with Crippen LogP contribution in [0.25, 0.3) is 27.9 Å². The molecule has 1 unspecified atom stereocenters. The van der Waals surface area contributed by atoms with Crippen LogP contribution in [0, 0.1) is 0 Å². The van der Waals surface area contributed by atoms with E-state index in [1.165, 1.54) is 0 Å². The summed E-state index contributed by atoms with van der Waals surface area (Å²) < 4.78 is 15.2. The van der Waals surface area contributed by atoms with Crippen molar-refractivity contribution < 1.29 is 19.7 Å². The number of benzene rings is 1. The van der Waals surface area contributed by atoms with Gasteiger partial charge in [-0.1, -0.05) is 0 Å². The number of hydrogen-bond donors (Lipinski definition) is 3. The summed E-state index contributed by atoms with van der Waals surface area (Å²) in [7, 11) is 1.63. The molecule has 3 N–H and O–H groups in total. The van der Waals surface area contributed by atoms with Crippen LogP contribution in [-0.2, 0) is 11.3 Å². The van der Waals surface area contributed by atoms with E-state index < -0.39 is 5.72 Å². The van der Waals surface area contributed by atoms with Crippen molar-refractivity contribution in [3.63, 3.8) is 0 Å². The zero-order chi connectivity index (χ0) is 25.6. The van der Waals surface area contributed by atoms with E-state index in [0.29, 0.717) is 44.2 Å². The highest BCUT2D eigenvalue weighted by molar-refractivity contribution is 5.83. The van der Waals surface area contributed by atoms with E-state index >= 15 is 0 Å². The van der Waals surface area contributed by atoms with Crippen LogP contribution < -0.4 is 10.1 Å². The van der Waals surface area contributed by atoms with Gasteiger partial charge in [-0.2, -0.15) is 15.2 Å². The summed E-state index contributed by atoms with van der Waals surface area (Å²) in [5.41, 5.74) is 4.28. The molecule has 5 heterocycles. The molecule has 2 aliphatic heterocycles. The van der Waals surface area contributed by atoms with Crippen molar-refractivity contribution >= 4 is 11.3 Å². The lowest BCUT2D eigenvalue weighted by molar-refractivity contribution is -0.143. The van der Waals surface area contributed by atoms with Crippen molar-refractivity contribution in [2.45, 2.75) is 37.8 Å². The number of methoxy groups -OCH3 is 1. The van der Waals surface area contributed by atoms with Crippen molar-refractivity contribution in [2.75, 3.05) is 38.7 Å². The molecule has 0 spiro atoms.